The highest BCUT2D eigenvalue weighted by Gasteiger charge is 2.26. The number of aliphatic hydroxyl groups excluding tert-OH is 1. The standard InChI is InChI=1S/C14H17ClN2O.C8H5ClN2O/c15-11-8-17-14-10(6-7-16-14)12(11)13(18)9-4-2-1-3-5-9;9-7-3-11-8-5(1-2-10-8)6(7)4-12/h6-9,13,18H,1-5H2,(H,16,17);1-4H,(H,10,11). The van der Waals surface area contributed by atoms with Gasteiger partial charge in [-0.05, 0) is 30.9 Å². The molecule has 156 valence electrons. The Morgan fingerprint density at radius 1 is 0.967 bits per heavy atom. The van der Waals surface area contributed by atoms with Crippen molar-refractivity contribution >= 4 is 51.6 Å². The normalized spacial score (nSPS) is 15.7. The average molecular weight is 445 g/mol. The molecule has 0 amide bonds. The molecule has 1 saturated carbocycles. The van der Waals surface area contributed by atoms with Gasteiger partial charge in [0.05, 0.1) is 16.1 Å². The molecule has 8 heteroatoms. The van der Waals surface area contributed by atoms with E-state index >= 15 is 0 Å². The molecule has 1 atom stereocenters. The van der Waals surface area contributed by atoms with E-state index in [0.717, 1.165) is 41.1 Å². The van der Waals surface area contributed by atoms with Gasteiger partial charge < -0.3 is 15.1 Å². The molecule has 0 spiro atoms. The Kier molecular flexibility index (Phi) is 6.37. The fourth-order valence-corrected chi connectivity index (χ4v) is 4.57. The summed E-state index contributed by atoms with van der Waals surface area (Å²) in [7, 11) is 0. The number of halogens is 2. The van der Waals surface area contributed by atoms with Crippen LogP contribution in [0.1, 0.15) is 54.1 Å². The SMILES string of the molecule is O=Cc1c(Cl)cnc2[nH]ccc12.OC(c1c(Cl)cnc2[nH]ccc12)C1CCCCC1. The van der Waals surface area contributed by atoms with Gasteiger partial charge in [0.25, 0.3) is 0 Å². The molecular weight excluding hydrogens is 423 g/mol. The number of carbonyl (C=O) groups is 1. The van der Waals surface area contributed by atoms with Crippen molar-refractivity contribution in [2.45, 2.75) is 38.2 Å². The maximum Gasteiger partial charge on any atom is 0.152 e. The minimum atomic E-state index is -0.473. The third-order valence-corrected chi connectivity index (χ3v) is 6.27. The van der Waals surface area contributed by atoms with E-state index in [1.165, 1.54) is 25.5 Å². The first-order valence-corrected chi connectivity index (χ1v) is 10.7. The number of fused-ring (bicyclic) bond motifs is 2. The van der Waals surface area contributed by atoms with Crippen LogP contribution in [0.25, 0.3) is 22.1 Å². The van der Waals surface area contributed by atoms with Gasteiger partial charge in [0, 0.05) is 46.7 Å². The second-order valence-corrected chi connectivity index (χ2v) is 8.29. The Hall–Kier alpha value is -2.41. The van der Waals surface area contributed by atoms with Crippen LogP contribution in [0.3, 0.4) is 0 Å². The number of H-pyrrole nitrogens is 2. The van der Waals surface area contributed by atoms with Crippen molar-refractivity contribution in [2.24, 2.45) is 5.92 Å². The lowest BCUT2D eigenvalue weighted by Crippen LogP contribution is -2.16. The van der Waals surface area contributed by atoms with Crippen molar-refractivity contribution in [1.29, 1.82) is 0 Å². The zero-order valence-corrected chi connectivity index (χ0v) is 17.7. The number of aromatic nitrogens is 4. The molecule has 5 rings (SSSR count). The van der Waals surface area contributed by atoms with Crippen LogP contribution < -0.4 is 0 Å². The van der Waals surface area contributed by atoms with Crippen molar-refractivity contribution in [3.8, 4) is 0 Å². The molecule has 6 nitrogen and oxygen atoms in total. The average Bonchev–Trinajstić information content (AvgIpc) is 3.43. The summed E-state index contributed by atoms with van der Waals surface area (Å²) in [6.07, 6.45) is 12.8. The van der Waals surface area contributed by atoms with Crippen LogP contribution in [0.4, 0.5) is 0 Å². The molecule has 0 saturated heterocycles. The summed E-state index contributed by atoms with van der Waals surface area (Å²) in [5.74, 6) is 0.330. The first-order valence-electron chi connectivity index (χ1n) is 9.96. The fraction of sp³-hybridized carbons (Fsp3) is 0.318. The molecule has 4 aromatic rings. The Labute approximate surface area is 183 Å². The summed E-state index contributed by atoms with van der Waals surface area (Å²) in [5, 5.41) is 13.3. The molecule has 1 unspecified atom stereocenters. The highest BCUT2D eigenvalue weighted by molar-refractivity contribution is 6.34. The Morgan fingerprint density at radius 2 is 1.57 bits per heavy atom. The molecule has 1 aliphatic carbocycles. The van der Waals surface area contributed by atoms with Crippen molar-refractivity contribution in [2.75, 3.05) is 0 Å². The van der Waals surface area contributed by atoms with Gasteiger partial charge in [-0.15, -0.1) is 0 Å². The summed E-state index contributed by atoms with van der Waals surface area (Å²) < 4.78 is 0. The van der Waals surface area contributed by atoms with E-state index in [4.69, 9.17) is 23.2 Å². The lowest BCUT2D eigenvalue weighted by atomic mass is 9.82. The van der Waals surface area contributed by atoms with Gasteiger partial charge in [0.2, 0.25) is 0 Å². The van der Waals surface area contributed by atoms with Crippen LogP contribution in [0.5, 0.6) is 0 Å². The number of pyridine rings is 2. The summed E-state index contributed by atoms with van der Waals surface area (Å²) in [4.78, 5) is 24.8. The number of aliphatic hydroxyl groups is 1. The van der Waals surface area contributed by atoms with Gasteiger partial charge in [0.15, 0.2) is 6.29 Å². The number of aldehydes is 1. The largest absolute Gasteiger partial charge is 0.388 e. The maximum atomic E-state index is 10.6. The summed E-state index contributed by atoms with van der Waals surface area (Å²) >= 11 is 12.0. The minimum absolute atomic E-state index is 0.330. The van der Waals surface area contributed by atoms with Crippen LogP contribution in [-0.4, -0.2) is 31.3 Å². The third kappa shape index (κ3) is 4.08. The van der Waals surface area contributed by atoms with Crippen LogP contribution >= 0.6 is 23.2 Å². The Morgan fingerprint density at radius 3 is 2.23 bits per heavy atom. The molecule has 1 aliphatic rings. The number of hydrogen-bond donors (Lipinski definition) is 3. The van der Waals surface area contributed by atoms with Gasteiger partial charge in [-0.1, -0.05) is 42.5 Å². The molecule has 0 radical (unpaired) electrons. The van der Waals surface area contributed by atoms with E-state index in [0.29, 0.717) is 27.2 Å². The van der Waals surface area contributed by atoms with E-state index in [2.05, 4.69) is 19.9 Å². The molecule has 0 aliphatic heterocycles. The van der Waals surface area contributed by atoms with E-state index in [1.807, 2.05) is 12.3 Å². The van der Waals surface area contributed by atoms with E-state index in [1.54, 1.807) is 18.5 Å². The molecular formula is C22H22Cl2N4O2. The van der Waals surface area contributed by atoms with Gasteiger partial charge in [0.1, 0.15) is 11.3 Å². The zero-order valence-electron chi connectivity index (χ0n) is 16.2. The van der Waals surface area contributed by atoms with E-state index in [-0.39, 0.29) is 0 Å². The predicted octanol–water partition coefficient (Wildman–Crippen LogP) is 5.86. The van der Waals surface area contributed by atoms with Crippen molar-refractivity contribution in [3.05, 3.63) is 58.1 Å². The maximum absolute atomic E-state index is 10.6. The van der Waals surface area contributed by atoms with Crippen LogP contribution in [0.2, 0.25) is 10.0 Å². The quantitative estimate of drug-likeness (QED) is 0.344. The molecule has 0 aromatic carbocycles. The zero-order chi connectivity index (χ0) is 21.1. The van der Waals surface area contributed by atoms with Crippen LogP contribution in [0, 0.1) is 5.92 Å². The molecule has 1 fully saturated rings. The smallest absolute Gasteiger partial charge is 0.152 e. The van der Waals surface area contributed by atoms with Crippen LogP contribution in [0.15, 0.2) is 36.9 Å². The Bertz CT molecular complexity index is 1160. The number of carbonyl (C=O) groups excluding carboxylic acids is 1. The molecule has 3 N–H and O–H groups in total. The number of nitrogens with zero attached hydrogens (tertiary/aromatic N) is 2. The Balaban J connectivity index is 0.000000158. The number of aromatic amines is 2. The number of rotatable bonds is 3. The van der Waals surface area contributed by atoms with Gasteiger partial charge in [-0.3, -0.25) is 4.79 Å². The lowest BCUT2D eigenvalue weighted by Gasteiger charge is -2.27. The summed E-state index contributed by atoms with van der Waals surface area (Å²) in [5.41, 5.74) is 2.81. The highest BCUT2D eigenvalue weighted by atomic mass is 35.5. The third-order valence-electron chi connectivity index (χ3n) is 5.67. The molecule has 0 bridgehead atoms. The second kappa shape index (κ2) is 9.16. The highest BCUT2D eigenvalue weighted by Crippen LogP contribution is 2.39. The second-order valence-electron chi connectivity index (χ2n) is 7.48. The fourth-order valence-electron chi connectivity index (χ4n) is 4.11. The number of nitrogens with one attached hydrogen (secondary N) is 2. The van der Waals surface area contributed by atoms with Crippen molar-refractivity contribution < 1.29 is 9.90 Å². The monoisotopic (exact) mass is 444 g/mol. The van der Waals surface area contributed by atoms with Gasteiger partial charge in [-0.25, -0.2) is 9.97 Å². The number of hydrogen-bond acceptors (Lipinski definition) is 4. The van der Waals surface area contributed by atoms with Gasteiger partial charge >= 0.3 is 0 Å². The minimum Gasteiger partial charge on any atom is -0.388 e. The first-order chi connectivity index (χ1) is 14.6. The molecule has 4 heterocycles. The van der Waals surface area contributed by atoms with Crippen molar-refractivity contribution in [1.82, 2.24) is 19.9 Å². The van der Waals surface area contributed by atoms with Gasteiger partial charge in [-0.2, -0.15) is 0 Å². The summed E-state index contributed by atoms with van der Waals surface area (Å²) in [6.45, 7) is 0. The topological polar surface area (TPSA) is 94.7 Å². The molecule has 30 heavy (non-hydrogen) atoms. The predicted molar refractivity (Wildman–Crippen MR) is 119 cm³/mol. The van der Waals surface area contributed by atoms with Crippen LogP contribution in [-0.2, 0) is 0 Å². The van der Waals surface area contributed by atoms with E-state index < -0.39 is 6.10 Å². The lowest BCUT2D eigenvalue weighted by molar-refractivity contribution is 0.0861. The first kappa shape index (κ1) is 20.8. The molecule has 4 aromatic heterocycles. The van der Waals surface area contributed by atoms with Crippen molar-refractivity contribution in [3.63, 3.8) is 0 Å². The summed E-state index contributed by atoms with van der Waals surface area (Å²) in [6, 6.07) is 3.72. The van der Waals surface area contributed by atoms with E-state index in [9.17, 15) is 9.90 Å².